The molecule has 0 fully saturated rings. The van der Waals surface area contributed by atoms with Crippen molar-refractivity contribution in [3.8, 4) is 0 Å². The Hall–Kier alpha value is -2.46. The molecule has 1 unspecified atom stereocenters. The highest BCUT2D eigenvalue weighted by Crippen LogP contribution is 2.11. The Morgan fingerprint density at radius 1 is 0.828 bits per heavy atom. The van der Waals surface area contributed by atoms with E-state index in [1.165, 1.54) is 11.1 Å². The molecule has 0 saturated carbocycles. The van der Waals surface area contributed by atoms with Gasteiger partial charge in [-0.05, 0) is 17.9 Å². The SMILES string of the molecule is C=C(CNC(C)C)NCC(=C)NC(Cc1ccccc1)C(=C)NCC(=C)C(C)C. The Labute approximate surface area is 178 Å². The van der Waals surface area contributed by atoms with Gasteiger partial charge in [0.1, 0.15) is 0 Å². The number of hydrogen-bond donors (Lipinski definition) is 4. The topological polar surface area (TPSA) is 48.1 Å². The minimum absolute atomic E-state index is 0.0358. The molecule has 4 heteroatoms. The van der Waals surface area contributed by atoms with E-state index < -0.39 is 0 Å². The van der Waals surface area contributed by atoms with E-state index >= 15 is 0 Å². The van der Waals surface area contributed by atoms with Crippen molar-refractivity contribution < 1.29 is 0 Å². The van der Waals surface area contributed by atoms with Crippen LogP contribution in [0.5, 0.6) is 0 Å². The van der Waals surface area contributed by atoms with Gasteiger partial charge in [-0.3, -0.25) is 0 Å². The van der Waals surface area contributed by atoms with Crippen molar-refractivity contribution in [2.75, 3.05) is 19.6 Å². The summed E-state index contributed by atoms with van der Waals surface area (Å²) in [5.41, 5.74) is 5.21. The average molecular weight is 397 g/mol. The maximum atomic E-state index is 4.28. The molecule has 1 rings (SSSR count). The van der Waals surface area contributed by atoms with Gasteiger partial charge in [0.05, 0.1) is 12.6 Å². The number of hydrogen-bond acceptors (Lipinski definition) is 4. The Morgan fingerprint density at radius 2 is 1.48 bits per heavy atom. The van der Waals surface area contributed by atoms with Crippen LogP contribution in [-0.4, -0.2) is 31.7 Å². The third-order valence-corrected chi connectivity index (χ3v) is 4.72. The second kappa shape index (κ2) is 12.9. The number of rotatable bonds is 15. The fourth-order valence-corrected chi connectivity index (χ4v) is 2.58. The molecule has 0 heterocycles. The molecule has 0 bridgehead atoms. The summed E-state index contributed by atoms with van der Waals surface area (Å²) in [5.74, 6) is 0.445. The summed E-state index contributed by atoms with van der Waals surface area (Å²) < 4.78 is 0. The Kier molecular flexibility index (Phi) is 10.9. The normalized spacial score (nSPS) is 11.8. The van der Waals surface area contributed by atoms with E-state index in [0.29, 0.717) is 18.5 Å². The first-order valence-electron chi connectivity index (χ1n) is 10.4. The van der Waals surface area contributed by atoms with Gasteiger partial charge >= 0.3 is 0 Å². The molecule has 0 amide bonds. The Balaban J connectivity index is 2.65. The van der Waals surface area contributed by atoms with Crippen molar-refractivity contribution in [1.29, 1.82) is 0 Å². The van der Waals surface area contributed by atoms with Crippen molar-refractivity contribution in [3.05, 3.63) is 84.9 Å². The van der Waals surface area contributed by atoms with Crippen molar-refractivity contribution in [2.24, 2.45) is 5.92 Å². The van der Waals surface area contributed by atoms with Crippen molar-refractivity contribution in [2.45, 2.75) is 46.2 Å². The predicted octanol–water partition coefficient (Wildman–Crippen LogP) is 4.12. The number of nitrogens with one attached hydrogen (secondary N) is 4. The predicted molar refractivity (Wildman–Crippen MR) is 128 cm³/mol. The summed E-state index contributed by atoms with van der Waals surface area (Å²) in [4.78, 5) is 0. The zero-order valence-corrected chi connectivity index (χ0v) is 18.8. The summed E-state index contributed by atoms with van der Waals surface area (Å²) in [6.07, 6.45) is 0.829. The smallest absolute Gasteiger partial charge is 0.0691 e. The number of benzene rings is 1. The second-order valence-corrected chi connectivity index (χ2v) is 8.17. The van der Waals surface area contributed by atoms with Gasteiger partial charge in [-0.2, -0.15) is 0 Å². The van der Waals surface area contributed by atoms with E-state index in [0.717, 1.165) is 36.6 Å². The molecular formula is C25H40N4. The lowest BCUT2D eigenvalue weighted by Gasteiger charge is -2.26. The minimum atomic E-state index is 0.0358. The third-order valence-electron chi connectivity index (χ3n) is 4.72. The molecule has 0 aliphatic carbocycles. The highest BCUT2D eigenvalue weighted by molar-refractivity contribution is 5.21. The molecule has 0 radical (unpaired) electrons. The fourth-order valence-electron chi connectivity index (χ4n) is 2.58. The van der Waals surface area contributed by atoms with Gasteiger partial charge in [0, 0.05) is 36.2 Å². The van der Waals surface area contributed by atoms with Gasteiger partial charge in [-0.15, -0.1) is 0 Å². The van der Waals surface area contributed by atoms with Gasteiger partial charge in [0.25, 0.3) is 0 Å². The van der Waals surface area contributed by atoms with Crippen LogP contribution in [0.1, 0.15) is 33.3 Å². The molecule has 0 aliphatic rings. The Morgan fingerprint density at radius 3 is 2.07 bits per heavy atom. The molecule has 1 aromatic carbocycles. The molecule has 0 aromatic heterocycles. The third kappa shape index (κ3) is 10.6. The van der Waals surface area contributed by atoms with E-state index in [2.05, 4.69) is 99.5 Å². The van der Waals surface area contributed by atoms with Crippen molar-refractivity contribution in [3.63, 3.8) is 0 Å². The van der Waals surface area contributed by atoms with Crippen LogP contribution in [0.15, 0.2) is 79.3 Å². The molecular weight excluding hydrogens is 356 g/mol. The first kappa shape index (κ1) is 24.6. The van der Waals surface area contributed by atoms with E-state index in [4.69, 9.17) is 0 Å². The van der Waals surface area contributed by atoms with E-state index in [9.17, 15) is 0 Å². The van der Waals surface area contributed by atoms with Gasteiger partial charge in [0.15, 0.2) is 0 Å². The van der Waals surface area contributed by atoms with Crippen molar-refractivity contribution in [1.82, 2.24) is 21.3 Å². The first-order chi connectivity index (χ1) is 13.7. The van der Waals surface area contributed by atoms with Gasteiger partial charge in [-0.1, -0.05) is 89.9 Å². The van der Waals surface area contributed by atoms with Gasteiger partial charge < -0.3 is 21.3 Å². The van der Waals surface area contributed by atoms with E-state index in [-0.39, 0.29) is 6.04 Å². The standard InChI is InChI=1S/C25H40N4/c1-18(2)20(5)15-28-23(8)25(14-24-12-10-9-11-13-24)29-22(7)17-27-21(6)16-26-19(3)4/h9-13,18-19,25-29H,5-8,14-17H2,1-4H3. The van der Waals surface area contributed by atoms with Crippen LogP contribution in [0.2, 0.25) is 0 Å². The molecule has 1 atom stereocenters. The van der Waals surface area contributed by atoms with Crippen LogP contribution in [-0.2, 0) is 6.42 Å². The van der Waals surface area contributed by atoms with Crippen LogP contribution in [0.3, 0.4) is 0 Å². The zero-order valence-electron chi connectivity index (χ0n) is 18.8. The molecule has 4 nitrogen and oxygen atoms in total. The lowest BCUT2D eigenvalue weighted by atomic mass is 10.0. The molecule has 160 valence electrons. The van der Waals surface area contributed by atoms with Crippen LogP contribution < -0.4 is 21.3 Å². The van der Waals surface area contributed by atoms with Crippen molar-refractivity contribution >= 4 is 0 Å². The van der Waals surface area contributed by atoms with E-state index in [1.807, 2.05) is 6.07 Å². The molecule has 0 aliphatic heterocycles. The maximum Gasteiger partial charge on any atom is 0.0691 e. The Bertz CT molecular complexity index is 673. The average Bonchev–Trinajstić information content (AvgIpc) is 2.68. The van der Waals surface area contributed by atoms with Gasteiger partial charge in [-0.25, -0.2) is 0 Å². The molecule has 1 aromatic rings. The summed E-state index contributed by atoms with van der Waals surface area (Å²) >= 11 is 0. The second-order valence-electron chi connectivity index (χ2n) is 8.17. The maximum absolute atomic E-state index is 4.28. The first-order valence-corrected chi connectivity index (χ1v) is 10.4. The lowest BCUT2D eigenvalue weighted by molar-refractivity contribution is 0.567. The van der Waals surface area contributed by atoms with E-state index in [1.54, 1.807) is 0 Å². The van der Waals surface area contributed by atoms with Crippen LogP contribution in [0.4, 0.5) is 0 Å². The van der Waals surface area contributed by atoms with Crippen LogP contribution in [0, 0.1) is 5.92 Å². The highest BCUT2D eigenvalue weighted by atomic mass is 15.0. The highest BCUT2D eigenvalue weighted by Gasteiger charge is 2.15. The summed E-state index contributed by atoms with van der Waals surface area (Å²) in [6.45, 7) is 27.3. The van der Waals surface area contributed by atoms with Crippen LogP contribution >= 0.6 is 0 Å². The molecule has 0 saturated heterocycles. The molecule has 4 N–H and O–H groups in total. The monoisotopic (exact) mass is 396 g/mol. The summed E-state index contributed by atoms with van der Waals surface area (Å²) in [7, 11) is 0. The summed E-state index contributed by atoms with van der Waals surface area (Å²) in [5, 5.41) is 13.7. The summed E-state index contributed by atoms with van der Waals surface area (Å²) in [6, 6.07) is 10.9. The molecule has 29 heavy (non-hydrogen) atoms. The fraction of sp³-hybridized carbons (Fsp3) is 0.440. The van der Waals surface area contributed by atoms with Gasteiger partial charge in [0.2, 0.25) is 0 Å². The largest absolute Gasteiger partial charge is 0.383 e. The van der Waals surface area contributed by atoms with Crippen LogP contribution in [0.25, 0.3) is 0 Å². The minimum Gasteiger partial charge on any atom is -0.383 e. The zero-order chi connectivity index (χ0) is 21.8. The quantitative estimate of drug-likeness (QED) is 0.337. The molecule has 0 spiro atoms. The lowest BCUT2D eigenvalue weighted by Crippen LogP contribution is -2.40.